The third-order valence-electron chi connectivity index (χ3n) is 3.87. The van der Waals surface area contributed by atoms with Crippen LogP contribution in [-0.4, -0.2) is 24.2 Å². The second-order valence-corrected chi connectivity index (χ2v) is 6.18. The van der Waals surface area contributed by atoms with Crippen LogP contribution in [0.5, 0.6) is 0 Å². The van der Waals surface area contributed by atoms with E-state index in [-0.39, 0.29) is 12.5 Å². The number of hydrogen-bond acceptors (Lipinski definition) is 2. The van der Waals surface area contributed by atoms with Crippen LogP contribution in [0.15, 0.2) is 34.8 Å². The Kier molecular flexibility index (Phi) is 5.80. The molecular formula is C16H20BrNO2. The fourth-order valence-corrected chi connectivity index (χ4v) is 3.11. The van der Waals surface area contributed by atoms with Crippen molar-refractivity contribution in [3.05, 3.63) is 40.4 Å². The first kappa shape index (κ1) is 15.3. The van der Waals surface area contributed by atoms with Gasteiger partial charge < -0.3 is 10.4 Å². The molecule has 1 fully saturated rings. The summed E-state index contributed by atoms with van der Waals surface area (Å²) < 4.78 is 0.997. The number of carbonyl (C=O) groups is 1. The van der Waals surface area contributed by atoms with E-state index in [1.54, 1.807) is 12.2 Å². The van der Waals surface area contributed by atoms with Crippen molar-refractivity contribution < 1.29 is 9.90 Å². The fourth-order valence-electron chi connectivity index (χ4n) is 2.70. The molecule has 1 aliphatic rings. The fraction of sp³-hybridized carbons (Fsp3) is 0.438. The third kappa shape index (κ3) is 4.46. The number of carbonyl (C=O) groups excluding carboxylic acids is 1. The van der Waals surface area contributed by atoms with Gasteiger partial charge in [-0.25, -0.2) is 0 Å². The molecule has 1 saturated carbocycles. The molecule has 1 aromatic rings. The van der Waals surface area contributed by atoms with Crippen molar-refractivity contribution in [2.45, 2.75) is 19.3 Å². The summed E-state index contributed by atoms with van der Waals surface area (Å²) in [5, 5.41) is 12.2. The van der Waals surface area contributed by atoms with Gasteiger partial charge in [-0.2, -0.15) is 0 Å². The van der Waals surface area contributed by atoms with Crippen LogP contribution in [0, 0.1) is 11.8 Å². The van der Waals surface area contributed by atoms with Crippen LogP contribution >= 0.6 is 15.9 Å². The van der Waals surface area contributed by atoms with Gasteiger partial charge in [0.05, 0.1) is 0 Å². The zero-order valence-corrected chi connectivity index (χ0v) is 13.0. The Morgan fingerprint density at radius 1 is 1.40 bits per heavy atom. The minimum Gasteiger partial charge on any atom is -0.396 e. The average molecular weight is 338 g/mol. The highest BCUT2D eigenvalue weighted by Crippen LogP contribution is 2.30. The van der Waals surface area contributed by atoms with Gasteiger partial charge in [0.15, 0.2) is 0 Å². The molecule has 0 bridgehead atoms. The highest BCUT2D eigenvalue weighted by Gasteiger charge is 2.26. The van der Waals surface area contributed by atoms with Gasteiger partial charge in [0.2, 0.25) is 5.91 Å². The molecule has 1 aromatic carbocycles. The van der Waals surface area contributed by atoms with Gasteiger partial charge in [0.25, 0.3) is 0 Å². The van der Waals surface area contributed by atoms with Crippen LogP contribution in [0.2, 0.25) is 0 Å². The van der Waals surface area contributed by atoms with Crippen molar-refractivity contribution in [2.24, 2.45) is 11.8 Å². The van der Waals surface area contributed by atoms with Crippen LogP contribution in [0.4, 0.5) is 0 Å². The maximum absolute atomic E-state index is 11.8. The predicted octanol–water partition coefficient (Wildman–Crippen LogP) is 2.99. The molecule has 0 saturated heterocycles. The summed E-state index contributed by atoms with van der Waals surface area (Å²) in [7, 11) is 0. The van der Waals surface area contributed by atoms with E-state index >= 15 is 0 Å². The zero-order chi connectivity index (χ0) is 14.4. The minimum absolute atomic E-state index is 0.0754. The highest BCUT2D eigenvalue weighted by molar-refractivity contribution is 9.10. The standard InChI is InChI=1S/C16H20BrNO2/c17-15-6-1-3-12(9-15)7-8-16(20)18-10-13-4-2-5-14(13)11-19/h1,3,6-9,13-14,19H,2,4-5,10-11H2,(H,18,20). The maximum atomic E-state index is 11.8. The smallest absolute Gasteiger partial charge is 0.244 e. The lowest BCUT2D eigenvalue weighted by atomic mass is 9.97. The van der Waals surface area contributed by atoms with E-state index in [9.17, 15) is 9.90 Å². The van der Waals surface area contributed by atoms with E-state index in [1.807, 2.05) is 24.3 Å². The number of aliphatic hydroxyl groups excluding tert-OH is 1. The monoisotopic (exact) mass is 337 g/mol. The zero-order valence-electron chi connectivity index (χ0n) is 11.4. The van der Waals surface area contributed by atoms with Crippen LogP contribution in [-0.2, 0) is 4.79 Å². The lowest BCUT2D eigenvalue weighted by molar-refractivity contribution is -0.116. The Morgan fingerprint density at radius 2 is 2.20 bits per heavy atom. The number of nitrogens with one attached hydrogen (secondary N) is 1. The summed E-state index contributed by atoms with van der Waals surface area (Å²) in [6.45, 7) is 0.890. The van der Waals surface area contributed by atoms with Crippen LogP contribution in [0.1, 0.15) is 24.8 Å². The summed E-state index contributed by atoms with van der Waals surface area (Å²) in [5.41, 5.74) is 0.989. The average Bonchev–Trinajstić information content (AvgIpc) is 2.90. The maximum Gasteiger partial charge on any atom is 0.244 e. The summed E-state index contributed by atoms with van der Waals surface area (Å²) in [6.07, 6.45) is 6.69. The normalized spacial score (nSPS) is 22.3. The molecule has 2 rings (SSSR count). The Labute approximate surface area is 128 Å². The molecular weight excluding hydrogens is 318 g/mol. The topological polar surface area (TPSA) is 49.3 Å². The SMILES string of the molecule is O=C(C=Cc1cccc(Br)c1)NCC1CCCC1CO. The third-order valence-corrected chi connectivity index (χ3v) is 4.36. The first-order chi connectivity index (χ1) is 9.69. The molecule has 0 spiro atoms. The van der Waals surface area contributed by atoms with Crippen molar-refractivity contribution in [3.63, 3.8) is 0 Å². The van der Waals surface area contributed by atoms with E-state index in [1.165, 1.54) is 0 Å². The van der Waals surface area contributed by atoms with Crippen molar-refractivity contribution >= 4 is 27.9 Å². The van der Waals surface area contributed by atoms with Crippen molar-refractivity contribution in [1.82, 2.24) is 5.32 Å². The summed E-state index contributed by atoms with van der Waals surface area (Å²) >= 11 is 3.40. The van der Waals surface area contributed by atoms with Gasteiger partial charge in [0, 0.05) is 23.7 Å². The molecule has 2 atom stereocenters. The molecule has 4 heteroatoms. The van der Waals surface area contributed by atoms with E-state index < -0.39 is 0 Å². The predicted molar refractivity (Wildman–Crippen MR) is 84.1 cm³/mol. The van der Waals surface area contributed by atoms with Gasteiger partial charge in [-0.1, -0.05) is 34.5 Å². The van der Waals surface area contributed by atoms with Crippen molar-refractivity contribution in [1.29, 1.82) is 0 Å². The second-order valence-electron chi connectivity index (χ2n) is 5.27. The molecule has 3 nitrogen and oxygen atoms in total. The summed E-state index contributed by atoms with van der Waals surface area (Å²) in [6, 6.07) is 7.80. The molecule has 2 unspecified atom stereocenters. The molecule has 0 radical (unpaired) electrons. The molecule has 108 valence electrons. The Morgan fingerprint density at radius 3 is 2.95 bits per heavy atom. The Balaban J connectivity index is 1.80. The summed E-state index contributed by atoms with van der Waals surface area (Å²) in [4.78, 5) is 11.8. The quantitative estimate of drug-likeness (QED) is 0.811. The van der Waals surface area contributed by atoms with Gasteiger partial charge in [-0.3, -0.25) is 4.79 Å². The molecule has 0 aliphatic heterocycles. The van der Waals surface area contributed by atoms with Crippen LogP contribution in [0.25, 0.3) is 6.08 Å². The first-order valence-electron chi connectivity index (χ1n) is 7.01. The number of aliphatic hydroxyl groups is 1. The van der Waals surface area contributed by atoms with E-state index in [4.69, 9.17) is 0 Å². The van der Waals surface area contributed by atoms with Crippen LogP contribution < -0.4 is 5.32 Å². The highest BCUT2D eigenvalue weighted by atomic mass is 79.9. The van der Waals surface area contributed by atoms with Gasteiger partial charge in [0.1, 0.15) is 0 Å². The number of halogens is 1. The molecule has 1 aliphatic carbocycles. The second kappa shape index (κ2) is 7.60. The lowest BCUT2D eigenvalue weighted by Crippen LogP contribution is -2.30. The molecule has 1 amide bonds. The van der Waals surface area contributed by atoms with E-state index in [0.29, 0.717) is 18.4 Å². The minimum atomic E-state index is -0.0754. The Bertz CT molecular complexity index is 487. The molecule has 2 N–H and O–H groups in total. The molecule has 0 heterocycles. The number of rotatable bonds is 5. The molecule has 0 aromatic heterocycles. The van der Waals surface area contributed by atoms with E-state index in [0.717, 1.165) is 29.3 Å². The van der Waals surface area contributed by atoms with Crippen LogP contribution in [0.3, 0.4) is 0 Å². The summed E-state index contributed by atoms with van der Waals surface area (Å²) in [5.74, 6) is 0.696. The number of benzene rings is 1. The first-order valence-corrected chi connectivity index (χ1v) is 7.80. The largest absolute Gasteiger partial charge is 0.396 e. The molecule has 20 heavy (non-hydrogen) atoms. The lowest BCUT2D eigenvalue weighted by Gasteiger charge is -2.17. The number of hydrogen-bond donors (Lipinski definition) is 2. The number of amides is 1. The van der Waals surface area contributed by atoms with Crippen molar-refractivity contribution in [3.8, 4) is 0 Å². The Hall–Kier alpha value is -1.13. The van der Waals surface area contributed by atoms with E-state index in [2.05, 4.69) is 21.2 Å². The van der Waals surface area contributed by atoms with Crippen molar-refractivity contribution in [2.75, 3.05) is 13.2 Å². The van der Waals surface area contributed by atoms with Gasteiger partial charge >= 0.3 is 0 Å². The van der Waals surface area contributed by atoms with Gasteiger partial charge in [-0.15, -0.1) is 0 Å². The van der Waals surface area contributed by atoms with Gasteiger partial charge in [-0.05, 0) is 48.4 Å².